The van der Waals surface area contributed by atoms with Gasteiger partial charge in [-0.05, 0) is 25.3 Å². The molecule has 0 unspecified atom stereocenters. The maximum atomic E-state index is 13.9. The highest BCUT2D eigenvalue weighted by molar-refractivity contribution is 6.36. The zero-order chi connectivity index (χ0) is 12.8. The second-order valence-corrected chi connectivity index (χ2v) is 5.12. The Morgan fingerprint density at radius 3 is 2.53 bits per heavy atom. The summed E-state index contributed by atoms with van der Waals surface area (Å²) in [6.45, 7) is 0. The van der Waals surface area contributed by atoms with Crippen LogP contribution in [0.3, 0.4) is 0 Å². The normalized spacial score (nSPS) is 16.9. The molecule has 92 valence electrons. The number of carboxylic acid groups (broad SMARTS) is 1. The van der Waals surface area contributed by atoms with E-state index in [1.807, 2.05) is 0 Å². The number of aliphatic carboxylic acids is 1. The Bertz CT molecular complexity index is 501. The van der Waals surface area contributed by atoms with Gasteiger partial charge in [0.15, 0.2) is 5.82 Å². The van der Waals surface area contributed by atoms with Gasteiger partial charge in [0.25, 0.3) is 0 Å². The standard InChI is InChI=1S/C11H10Cl2FNO2/c12-6-3-7(13)9(15)8(14)5(6)4-11(1-2-11)10(16)17/h3H,1-2,4,15H2,(H,16,17). The van der Waals surface area contributed by atoms with Crippen molar-refractivity contribution in [2.75, 3.05) is 5.73 Å². The molecule has 1 aliphatic rings. The molecule has 0 atom stereocenters. The predicted molar refractivity (Wildman–Crippen MR) is 63.8 cm³/mol. The summed E-state index contributed by atoms with van der Waals surface area (Å²) < 4.78 is 13.9. The maximum absolute atomic E-state index is 13.9. The molecule has 0 bridgehead atoms. The molecule has 6 heteroatoms. The molecule has 2 rings (SSSR count). The number of carboxylic acids is 1. The fraction of sp³-hybridized carbons (Fsp3) is 0.364. The lowest BCUT2D eigenvalue weighted by molar-refractivity contribution is -0.143. The Kier molecular flexibility index (Phi) is 2.96. The number of carbonyl (C=O) groups is 1. The van der Waals surface area contributed by atoms with Crippen LogP contribution in [0, 0.1) is 11.2 Å². The smallest absolute Gasteiger partial charge is 0.309 e. The summed E-state index contributed by atoms with van der Waals surface area (Å²) in [5.41, 5.74) is 4.51. The van der Waals surface area contributed by atoms with Crippen LogP contribution < -0.4 is 5.73 Å². The third-order valence-corrected chi connectivity index (χ3v) is 3.77. The fourth-order valence-corrected chi connectivity index (χ4v) is 2.27. The second kappa shape index (κ2) is 4.03. The van der Waals surface area contributed by atoms with Crippen molar-refractivity contribution in [3.05, 3.63) is 27.5 Å². The summed E-state index contributed by atoms with van der Waals surface area (Å²) in [6, 6.07) is 1.34. The van der Waals surface area contributed by atoms with E-state index in [-0.39, 0.29) is 27.7 Å². The molecule has 1 aromatic rings. The Morgan fingerprint density at radius 2 is 2.06 bits per heavy atom. The van der Waals surface area contributed by atoms with Crippen molar-refractivity contribution in [2.24, 2.45) is 5.41 Å². The van der Waals surface area contributed by atoms with Gasteiger partial charge in [-0.25, -0.2) is 4.39 Å². The van der Waals surface area contributed by atoms with Crippen molar-refractivity contribution in [1.82, 2.24) is 0 Å². The molecular formula is C11H10Cl2FNO2. The van der Waals surface area contributed by atoms with Crippen LogP contribution in [0.2, 0.25) is 10.0 Å². The Morgan fingerprint density at radius 1 is 1.47 bits per heavy atom. The van der Waals surface area contributed by atoms with Crippen molar-refractivity contribution in [3.63, 3.8) is 0 Å². The Balaban J connectivity index is 2.40. The van der Waals surface area contributed by atoms with E-state index in [2.05, 4.69) is 0 Å². The SMILES string of the molecule is Nc1c(Cl)cc(Cl)c(CC2(C(=O)O)CC2)c1F. The number of anilines is 1. The number of rotatable bonds is 3. The number of hydrogen-bond acceptors (Lipinski definition) is 2. The van der Waals surface area contributed by atoms with E-state index in [1.54, 1.807) is 0 Å². The van der Waals surface area contributed by atoms with Gasteiger partial charge in [-0.2, -0.15) is 0 Å². The average Bonchev–Trinajstić information content (AvgIpc) is 3.02. The fourth-order valence-electron chi connectivity index (χ4n) is 1.77. The molecule has 0 radical (unpaired) electrons. The molecule has 1 saturated carbocycles. The molecule has 0 aromatic heterocycles. The lowest BCUT2D eigenvalue weighted by Crippen LogP contribution is -2.19. The number of hydrogen-bond donors (Lipinski definition) is 2. The first-order chi connectivity index (χ1) is 7.87. The highest BCUT2D eigenvalue weighted by Gasteiger charge is 2.50. The summed E-state index contributed by atoms with van der Waals surface area (Å²) in [5, 5.41) is 9.21. The molecule has 1 aromatic carbocycles. The molecule has 0 heterocycles. The highest BCUT2D eigenvalue weighted by atomic mass is 35.5. The van der Waals surface area contributed by atoms with Crippen LogP contribution in [0.5, 0.6) is 0 Å². The van der Waals surface area contributed by atoms with Gasteiger partial charge >= 0.3 is 5.97 Å². The van der Waals surface area contributed by atoms with Gasteiger partial charge < -0.3 is 10.8 Å². The average molecular weight is 278 g/mol. The van der Waals surface area contributed by atoms with Crippen LogP contribution >= 0.6 is 23.2 Å². The van der Waals surface area contributed by atoms with Gasteiger partial charge in [0.05, 0.1) is 16.1 Å². The minimum Gasteiger partial charge on any atom is -0.481 e. The third kappa shape index (κ3) is 2.07. The van der Waals surface area contributed by atoms with Crippen LogP contribution in [0.15, 0.2) is 6.07 Å². The van der Waals surface area contributed by atoms with Crippen molar-refractivity contribution < 1.29 is 14.3 Å². The predicted octanol–water partition coefficient (Wildman–Crippen LogP) is 3.12. The number of halogens is 3. The number of nitrogens with two attached hydrogens (primary N) is 1. The van der Waals surface area contributed by atoms with E-state index in [0.717, 1.165) is 0 Å². The molecule has 3 nitrogen and oxygen atoms in total. The van der Waals surface area contributed by atoms with E-state index in [1.165, 1.54) is 6.07 Å². The minimum absolute atomic E-state index is 0.0384. The van der Waals surface area contributed by atoms with Gasteiger partial charge in [0.1, 0.15) is 0 Å². The Labute approximate surface area is 107 Å². The topological polar surface area (TPSA) is 63.3 Å². The molecule has 3 N–H and O–H groups in total. The van der Waals surface area contributed by atoms with Gasteiger partial charge in [0, 0.05) is 10.6 Å². The van der Waals surface area contributed by atoms with Crippen LogP contribution in [-0.2, 0) is 11.2 Å². The monoisotopic (exact) mass is 277 g/mol. The second-order valence-electron chi connectivity index (χ2n) is 4.31. The molecule has 0 spiro atoms. The first-order valence-electron chi connectivity index (χ1n) is 5.02. The first kappa shape index (κ1) is 12.5. The summed E-state index contributed by atoms with van der Waals surface area (Å²) in [4.78, 5) is 11.0. The van der Waals surface area contributed by atoms with Crippen LogP contribution in [0.1, 0.15) is 18.4 Å². The van der Waals surface area contributed by atoms with E-state index >= 15 is 0 Å². The Hall–Kier alpha value is -1.00. The van der Waals surface area contributed by atoms with Gasteiger partial charge in [-0.3, -0.25) is 4.79 Å². The molecule has 0 aliphatic heterocycles. The van der Waals surface area contributed by atoms with Crippen molar-refractivity contribution in [3.8, 4) is 0 Å². The van der Waals surface area contributed by atoms with Gasteiger partial charge in [-0.15, -0.1) is 0 Å². The zero-order valence-corrected chi connectivity index (χ0v) is 10.3. The van der Waals surface area contributed by atoms with E-state index in [0.29, 0.717) is 12.8 Å². The highest BCUT2D eigenvalue weighted by Crippen LogP contribution is 2.50. The largest absolute Gasteiger partial charge is 0.481 e. The molecule has 0 amide bonds. The zero-order valence-electron chi connectivity index (χ0n) is 8.77. The molecular weight excluding hydrogens is 268 g/mol. The van der Waals surface area contributed by atoms with E-state index in [4.69, 9.17) is 34.0 Å². The minimum atomic E-state index is -0.929. The molecule has 1 fully saturated rings. The lowest BCUT2D eigenvalue weighted by atomic mass is 9.96. The summed E-state index contributed by atoms with van der Waals surface area (Å²) in [5.74, 6) is -1.64. The molecule has 1 aliphatic carbocycles. The van der Waals surface area contributed by atoms with Crippen molar-refractivity contribution in [2.45, 2.75) is 19.3 Å². The number of nitrogen functional groups attached to an aromatic ring is 1. The summed E-state index contributed by atoms with van der Waals surface area (Å²) >= 11 is 11.5. The quantitative estimate of drug-likeness (QED) is 0.835. The van der Waals surface area contributed by atoms with Gasteiger partial charge in [-0.1, -0.05) is 23.2 Å². The van der Waals surface area contributed by atoms with Crippen LogP contribution in [-0.4, -0.2) is 11.1 Å². The molecule has 0 saturated heterocycles. The lowest BCUT2D eigenvalue weighted by Gasteiger charge is -2.14. The number of benzene rings is 1. The summed E-state index contributed by atoms with van der Waals surface area (Å²) in [6.07, 6.45) is 1.11. The van der Waals surface area contributed by atoms with Crippen LogP contribution in [0.4, 0.5) is 10.1 Å². The van der Waals surface area contributed by atoms with E-state index in [9.17, 15) is 9.18 Å². The maximum Gasteiger partial charge on any atom is 0.309 e. The summed E-state index contributed by atoms with van der Waals surface area (Å²) in [7, 11) is 0. The van der Waals surface area contributed by atoms with Crippen molar-refractivity contribution in [1.29, 1.82) is 0 Å². The van der Waals surface area contributed by atoms with E-state index < -0.39 is 17.2 Å². The van der Waals surface area contributed by atoms with Crippen LogP contribution in [0.25, 0.3) is 0 Å². The molecule has 17 heavy (non-hydrogen) atoms. The van der Waals surface area contributed by atoms with Gasteiger partial charge in [0.2, 0.25) is 0 Å². The third-order valence-electron chi connectivity index (χ3n) is 3.12. The van der Waals surface area contributed by atoms with Crippen molar-refractivity contribution >= 4 is 34.9 Å². The first-order valence-corrected chi connectivity index (χ1v) is 5.78.